The minimum absolute atomic E-state index is 0.00307. The number of anilines is 1. The fourth-order valence-electron chi connectivity index (χ4n) is 2.02. The largest absolute Gasteiger partial charge is 0.433 e. The summed E-state index contributed by atoms with van der Waals surface area (Å²) < 4.78 is 28.6. The molecule has 0 aliphatic heterocycles. The smallest absolute Gasteiger partial charge is 0.387 e. The van der Waals surface area contributed by atoms with E-state index >= 15 is 0 Å². The van der Waals surface area contributed by atoms with E-state index in [0.717, 1.165) is 0 Å². The molecule has 9 heteroatoms. The number of hydrogen-bond donors (Lipinski definition) is 2. The van der Waals surface area contributed by atoms with Crippen LogP contribution < -0.4 is 15.4 Å². The minimum atomic E-state index is -2.99. The topological polar surface area (TPSA) is 67.4 Å². The molecule has 0 unspecified atom stereocenters. The van der Waals surface area contributed by atoms with Gasteiger partial charge in [0, 0.05) is 18.7 Å². The number of alkyl halides is 2. The van der Waals surface area contributed by atoms with Crippen molar-refractivity contribution < 1.29 is 23.1 Å². The lowest BCUT2D eigenvalue weighted by Crippen LogP contribution is -2.27. The molecule has 138 valence electrons. The molecule has 0 aromatic heterocycles. The maximum absolute atomic E-state index is 12.2. The van der Waals surface area contributed by atoms with E-state index in [-0.39, 0.29) is 35.6 Å². The highest BCUT2D eigenvalue weighted by molar-refractivity contribution is 6.33. The summed E-state index contributed by atoms with van der Waals surface area (Å²) in [5.74, 6) is -0.963. The van der Waals surface area contributed by atoms with Gasteiger partial charge < -0.3 is 15.4 Å². The molecule has 2 rings (SSSR count). The van der Waals surface area contributed by atoms with E-state index < -0.39 is 6.61 Å². The zero-order chi connectivity index (χ0) is 19.1. The van der Waals surface area contributed by atoms with Gasteiger partial charge in [0.05, 0.1) is 15.6 Å². The van der Waals surface area contributed by atoms with Crippen LogP contribution in [0.5, 0.6) is 5.75 Å². The van der Waals surface area contributed by atoms with Gasteiger partial charge in [-0.1, -0.05) is 35.3 Å². The first kappa shape index (κ1) is 19.9. The van der Waals surface area contributed by atoms with Crippen LogP contribution in [0.3, 0.4) is 0 Å². The Morgan fingerprint density at radius 2 is 1.81 bits per heavy atom. The molecular formula is C17H14Cl2F2N2O3. The maximum atomic E-state index is 12.2. The summed E-state index contributed by atoms with van der Waals surface area (Å²) in [4.78, 5) is 23.8. The number of rotatable bonds is 7. The molecule has 0 spiro atoms. The summed E-state index contributed by atoms with van der Waals surface area (Å²) in [6, 6.07) is 10.4. The van der Waals surface area contributed by atoms with Crippen LogP contribution in [0.1, 0.15) is 16.8 Å². The quantitative estimate of drug-likeness (QED) is 0.722. The Labute approximate surface area is 158 Å². The van der Waals surface area contributed by atoms with Crippen molar-refractivity contribution in [2.75, 3.05) is 11.9 Å². The van der Waals surface area contributed by atoms with Gasteiger partial charge in [-0.05, 0) is 30.3 Å². The predicted molar refractivity (Wildman–Crippen MR) is 95.1 cm³/mol. The van der Waals surface area contributed by atoms with E-state index in [1.807, 2.05) is 0 Å². The van der Waals surface area contributed by atoms with Crippen molar-refractivity contribution in [2.24, 2.45) is 0 Å². The highest BCUT2D eigenvalue weighted by Gasteiger charge is 2.12. The standard InChI is InChI=1S/C17H14Cl2F2N2O3/c18-12-4-2-1-3-11(12)16(25)22-8-7-15(24)23-10-5-6-14(13(19)9-10)26-17(20)21/h1-6,9,17H,7-8H2,(H,22,25)(H,23,24). The lowest BCUT2D eigenvalue weighted by atomic mass is 10.2. The van der Waals surface area contributed by atoms with E-state index in [1.54, 1.807) is 24.3 Å². The van der Waals surface area contributed by atoms with E-state index in [1.165, 1.54) is 18.2 Å². The number of carbonyl (C=O) groups is 2. The number of halogens is 4. The third kappa shape index (κ3) is 5.86. The molecule has 0 atom stereocenters. The van der Waals surface area contributed by atoms with Gasteiger partial charge in [-0.2, -0.15) is 8.78 Å². The molecule has 5 nitrogen and oxygen atoms in total. The number of ether oxygens (including phenoxy) is 1. The molecule has 26 heavy (non-hydrogen) atoms. The first-order valence-corrected chi connectivity index (χ1v) is 8.19. The first-order chi connectivity index (χ1) is 12.4. The predicted octanol–water partition coefficient (Wildman–Crippen LogP) is 4.35. The average molecular weight is 403 g/mol. The Bertz CT molecular complexity index is 803. The summed E-state index contributed by atoms with van der Waals surface area (Å²) >= 11 is 11.7. The maximum Gasteiger partial charge on any atom is 0.387 e. The van der Waals surface area contributed by atoms with Crippen LogP contribution in [0.25, 0.3) is 0 Å². The van der Waals surface area contributed by atoms with E-state index in [9.17, 15) is 18.4 Å². The number of benzene rings is 2. The van der Waals surface area contributed by atoms with E-state index in [4.69, 9.17) is 23.2 Å². The number of carbonyl (C=O) groups excluding carboxylic acids is 2. The second-order valence-corrected chi connectivity index (χ2v) is 5.87. The zero-order valence-corrected chi connectivity index (χ0v) is 14.8. The summed E-state index contributed by atoms with van der Waals surface area (Å²) in [6.45, 7) is -2.90. The van der Waals surface area contributed by atoms with Crippen molar-refractivity contribution in [3.63, 3.8) is 0 Å². The average Bonchev–Trinajstić information content (AvgIpc) is 2.57. The minimum Gasteiger partial charge on any atom is -0.433 e. The normalized spacial score (nSPS) is 10.5. The van der Waals surface area contributed by atoms with Gasteiger partial charge in [-0.3, -0.25) is 9.59 Å². The van der Waals surface area contributed by atoms with Crippen LogP contribution in [0.2, 0.25) is 10.0 Å². The molecule has 2 N–H and O–H groups in total. The van der Waals surface area contributed by atoms with E-state index in [0.29, 0.717) is 16.3 Å². The van der Waals surface area contributed by atoms with Crippen LogP contribution >= 0.6 is 23.2 Å². The molecule has 0 bridgehead atoms. The number of hydrogen-bond acceptors (Lipinski definition) is 3. The molecule has 0 saturated heterocycles. The van der Waals surface area contributed by atoms with E-state index in [2.05, 4.69) is 15.4 Å². The van der Waals surface area contributed by atoms with Crippen molar-refractivity contribution in [1.82, 2.24) is 5.32 Å². The molecule has 2 amide bonds. The highest BCUT2D eigenvalue weighted by atomic mass is 35.5. The van der Waals surface area contributed by atoms with Crippen LogP contribution in [0.15, 0.2) is 42.5 Å². The molecule has 0 heterocycles. The summed E-state index contributed by atoms with van der Waals surface area (Å²) in [6.07, 6.45) is 0.00307. The van der Waals surface area contributed by atoms with Gasteiger partial charge >= 0.3 is 6.61 Å². The van der Waals surface area contributed by atoms with Crippen molar-refractivity contribution >= 4 is 40.7 Å². The van der Waals surface area contributed by atoms with Crippen molar-refractivity contribution in [3.05, 3.63) is 58.1 Å². The van der Waals surface area contributed by atoms with Crippen LogP contribution in [-0.2, 0) is 4.79 Å². The van der Waals surface area contributed by atoms with Crippen molar-refractivity contribution in [2.45, 2.75) is 13.0 Å². The molecule has 2 aromatic rings. The third-order valence-electron chi connectivity index (χ3n) is 3.19. The summed E-state index contributed by atoms with van der Waals surface area (Å²) in [5.41, 5.74) is 0.634. The fraction of sp³-hybridized carbons (Fsp3) is 0.176. The van der Waals surface area contributed by atoms with Crippen molar-refractivity contribution in [3.8, 4) is 5.75 Å². The summed E-state index contributed by atoms with van der Waals surface area (Å²) in [7, 11) is 0. The second kappa shape index (κ2) is 9.35. The molecule has 0 fully saturated rings. The van der Waals surface area contributed by atoms with Gasteiger partial charge in [-0.15, -0.1) is 0 Å². The Morgan fingerprint density at radius 1 is 1.08 bits per heavy atom. The molecule has 0 radical (unpaired) electrons. The number of amides is 2. The highest BCUT2D eigenvalue weighted by Crippen LogP contribution is 2.28. The second-order valence-electron chi connectivity index (χ2n) is 5.06. The van der Waals surface area contributed by atoms with Gasteiger partial charge in [0.1, 0.15) is 5.75 Å². The first-order valence-electron chi connectivity index (χ1n) is 7.43. The van der Waals surface area contributed by atoms with Crippen LogP contribution in [0.4, 0.5) is 14.5 Å². The Morgan fingerprint density at radius 3 is 2.46 bits per heavy atom. The summed E-state index contributed by atoms with van der Waals surface area (Å²) in [5, 5.41) is 5.38. The lowest BCUT2D eigenvalue weighted by Gasteiger charge is -2.10. The Kier molecular flexibility index (Phi) is 7.17. The number of nitrogens with one attached hydrogen (secondary N) is 2. The zero-order valence-electron chi connectivity index (χ0n) is 13.3. The Balaban J connectivity index is 1.83. The van der Waals surface area contributed by atoms with Crippen LogP contribution in [0, 0.1) is 0 Å². The van der Waals surface area contributed by atoms with Gasteiger partial charge in [0.2, 0.25) is 5.91 Å². The van der Waals surface area contributed by atoms with Crippen molar-refractivity contribution in [1.29, 1.82) is 0 Å². The monoisotopic (exact) mass is 402 g/mol. The fourth-order valence-corrected chi connectivity index (χ4v) is 2.47. The molecule has 0 saturated carbocycles. The molecule has 0 aliphatic rings. The van der Waals surface area contributed by atoms with Gasteiger partial charge in [-0.25, -0.2) is 0 Å². The Hall–Kier alpha value is -2.38. The van der Waals surface area contributed by atoms with Crippen LogP contribution in [-0.4, -0.2) is 25.0 Å². The van der Waals surface area contributed by atoms with Gasteiger partial charge in [0.25, 0.3) is 5.91 Å². The lowest BCUT2D eigenvalue weighted by molar-refractivity contribution is -0.116. The molecule has 0 aliphatic carbocycles. The molecular weight excluding hydrogens is 389 g/mol. The SMILES string of the molecule is O=C(CCNC(=O)c1ccccc1Cl)Nc1ccc(OC(F)F)c(Cl)c1. The van der Waals surface area contributed by atoms with Gasteiger partial charge in [0.15, 0.2) is 0 Å². The third-order valence-corrected chi connectivity index (χ3v) is 3.81. The molecule has 2 aromatic carbocycles.